The SMILES string of the molecule is CNCc1ccc(N(CCO)CC(F)(F)F)c(C#N)c1. The molecule has 0 aromatic heterocycles. The van der Waals surface area contributed by atoms with Crippen molar-refractivity contribution in [3.8, 4) is 6.07 Å². The van der Waals surface area contributed by atoms with Gasteiger partial charge in [-0.1, -0.05) is 6.07 Å². The minimum atomic E-state index is -4.40. The monoisotopic (exact) mass is 287 g/mol. The first-order valence-electron chi connectivity index (χ1n) is 6.01. The first-order chi connectivity index (χ1) is 9.41. The Kier molecular flexibility index (Phi) is 5.80. The van der Waals surface area contributed by atoms with Crippen LogP contribution in [0.1, 0.15) is 11.1 Å². The fourth-order valence-corrected chi connectivity index (χ4v) is 1.88. The molecular formula is C13H16F3N3O. The van der Waals surface area contributed by atoms with Crippen molar-refractivity contribution in [2.45, 2.75) is 12.7 Å². The summed E-state index contributed by atoms with van der Waals surface area (Å²) >= 11 is 0. The van der Waals surface area contributed by atoms with E-state index in [9.17, 15) is 13.2 Å². The van der Waals surface area contributed by atoms with Crippen LogP contribution in [0.3, 0.4) is 0 Å². The van der Waals surface area contributed by atoms with Gasteiger partial charge in [0, 0.05) is 13.1 Å². The van der Waals surface area contributed by atoms with Crippen LogP contribution in [-0.4, -0.2) is 38.0 Å². The summed E-state index contributed by atoms with van der Waals surface area (Å²) in [6.45, 7) is -1.28. The second-order valence-corrected chi connectivity index (χ2v) is 4.25. The molecular weight excluding hydrogens is 271 g/mol. The van der Waals surface area contributed by atoms with Crippen molar-refractivity contribution in [3.05, 3.63) is 29.3 Å². The summed E-state index contributed by atoms with van der Waals surface area (Å²) in [4.78, 5) is 0.960. The van der Waals surface area contributed by atoms with E-state index in [1.807, 2.05) is 6.07 Å². The van der Waals surface area contributed by atoms with Crippen LogP contribution < -0.4 is 10.2 Å². The maximum atomic E-state index is 12.5. The second-order valence-electron chi connectivity index (χ2n) is 4.25. The van der Waals surface area contributed by atoms with Crippen LogP contribution in [0.2, 0.25) is 0 Å². The number of alkyl halides is 3. The van der Waals surface area contributed by atoms with Crippen molar-refractivity contribution in [1.82, 2.24) is 5.32 Å². The first-order valence-corrected chi connectivity index (χ1v) is 6.01. The zero-order valence-electron chi connectivity index (χ0n) is 11.0. The number of nitrogens with zero attached hydrogens (tertiary/aromatic N) is 2. The molecule has 0 aliphatic carbocycles. The van der Waals surface area contributed by atoms with Gasteiger partial charge in [-0.2, -0.15) is 18.4 Å². The third-order valence-electron chi connectivity index (χ3n) is 2.64. The van der Waals surface area contributed by atoms with Gasteiger partial charge in [0.1, 0.15) is 12.6 Å². The molecule has 0 radical (unpaired) electrons. The Bertz CT molecular complexity index is 483. The van der Waals surface area contributed by atoms with Gasteiger partial charge < -0.3 is 15.3 Å². The molecule has 0 aliphatic rings. The third-order valence-corrected chi connectivity index (χ3v) is 2.64. The smallest absolute Gasteiger partial charge is 0.395 e. The lowest BCUT2D eigenvalue weighted by Crippen LogP contribution is -2.36. The number of halogens is 3. The summed E-state index contributed by atoms with van der Waals surface area (Å²) < 4.78 is 37.6. The molecule has 20 heavy (non-hydrogen) atoms. The van der Waals surface area contributed by atoms with Gasteiger partial charge in [0.15, 0.2) is 0 Å². The Morgan fingerprint density at radius 1 is 1.40 bits per heavy atom. The molecule has 0 fully saturated rings. The van der Waals surface area contributed by atoms with E-state index in [1.54, 1.807) is 19.2 Å². The van der Waals surface area contributed by atoms with E-state index in [4.69, 9.17) is 10.4 Å². The fourth-order valence-electron chi connectivity index (χ4n) is 1.88. The first kappa shape index (κ1) is 16.3. The number of rotatable bonds is 6. The highest BCUT2D eigenvalue weighted by molar-refractivity contribution is 5.60. The molecule has 0 spiro atoms. The average molecular weight is 287 g/mol. The van der Waals surface area contributed by atoms with Gasteiger partial charge in [-0.15, -0.1) is 0 Å². The van der Waals surface area contributed by atoms with Gasteiger partial charge in [-0.05, 0) is 24.7 Å². The molecule has 1 aromatic carbocycles. The zero-order valence-corrected chi connectivity index (χ0v) is 11.0. The van der Waals surface area contributed by atoms with Crippen molar-refractivity contribution >= 4 is 5.69 Å². The number of nitrogens with one attached hydrogen (secondary N) is 1. The molecule has 2 N–H and O–H groups in total. The molecule has 0 unspecified atom stereocenters. The molecule has 1 aromatic rings. The number of nitriles is 1. The summed E-state index contributed by atoms with van der Waals surface area (Å²) in [5, 5.41) is 20.9. The third kappa shape index (κ3) is 4.72. The Morgan fingerprint density at radius 3 is 2.60 bits per heavy atom. The molecule has 4 nitrogen and oxygen atoms in total. The van der Waals surface area contributed by atoms with Crippen molar-refractivity contribution in [3.63, 3.8) is 0 Å². The second kappa shape index (κ2) is 7.12. The highest BCUT2D eigenvalue weighted by Crippen LogP contribution is 2.25. The lowest BCUT2D eigenvalue weighted by Gasteiger charge is -2.26. The maximum absolute atomic E-state index is 12.5. The van der Waals surface area contributed by atoms with Gasteiger partial charge in [0.05, 0.1) is 17.9 Å². The minimum Gasteiger partial charge on any atom is -0.395 e. The predicted octanol–water partition coefficient (Wildman–Crippen LogP) is 1.64. The van der Waals surface area contributed by atoms with Crippen LogP contribution in [0.25, 0.3) is 0 Å². The van der Waals surface area contributed by atoms with Gasteiger partial charge in [0.25, 0.3) is 0 Å². The highest BCUT2D eigenvalue weighted by atomic mass is 19.4. The van der Waals surface area contributed by atoms with Crippen LogP contribution >= 0.6 is 0 Å². The van der Waals surface area contributed by atoms with E-state index < -0.39 is 19.3 Å². The number of benzene rings is 1. The Balaban J connectivity index is 3.10. The molecule has 0 amide bonds. The lowest BCUT2D eigenvalue weighted by atomic mass is 10.1. The molecule has 0 heterocycles. The number of hydrogen-bond donors (Lipinski definition) is 2. The molecule has 0 saturated heterocycles. The molecule has 1 rings (SSSR count). The number of aliphatic hydroxyl groups excluding tert-OH is 1. The molecule has 110 valence electrons. The molecule has 0 bridgehead atoms. The number of hydrogen-bond acceptors (Lipinski definition) is 4. The number of anilines is 1. The topological polar surface area (TPSA) is 59.3 Å². The van der Waals surface area contributed by atoms with Crippen molar-refractivity contribution < 1.29 is 18.3 Å². The largest absolute Gasteiger partial charge is 0.405 e. The fraction of sp³-hybridized carbons (Fsp3) is 0.462. The summed E-state index contributed by atoms with van der Waals surface area (Å²) in [6, 6.07) is 6.59. The molecule has 7 heteroatoms. The van der Waals surface area contributed by atoms with Crippen LogP contribution in [0, 0.1) is 11.3 Å². The molecule has 0 atom stereocenters. The van der Waals surface area contributed by atoms with E-state index in [1.165, 1.54) is 6.07 Å². The highest BCUT2D eigenvalue weighted by Gasteiger charge is 2.31. The van der Waals surface area contributed by atoms with E-state index in [-0.39, 0.29) is 17.8 Å². The van der Waals surface area contributed by atoms with Crippen molar-refractivity contribution in [2.75, 3.05) is 31.6 Å². The predicted molar refractivity (Wildman–Crippen MR) is 69.3 cm³/mol. The van der Waals surface area contributed by atoms with Gasteiger partial charge in [0.2, 0.25) is 0 Å². The average Bonchev–Trinajstić information content (AvgIpc) is 2.37. The summed E-state index contributed by atoms with van der Waals surface area (Å²) in [5.41, 5.74) is 1.15. The quantitative estimate of drug-likeness (QED) is 0.835. The molecule has 0 aliphatic heterocycles. The van der Waals surface area contributed by atoms with Gasteiger partial charge >= 0.3 is 6.18 Å². The summed E-state index contributed by atoms with van der Waals surface area (Å²) in [5.74, 6) is 0. The van der Waals surface area contributed by atoms with E-state index >= 15 is 0 Å². The minimum absolute atomic E-state index is 0.162. The zero-order chi connectivity index (χ0) is 15.2. The van der Waals surface area contributed by atoms with E-state index in [2.05, 4.69) is 5.32 Å². The number of aliphatic hydroxyl groups is 1. The van der Waals surface area contributed by atoms with Crippen LogP contribution in [0.4, 0.5) is 18.9 Å². The van der Waals surface area contributed by atoms with Gasteiger partial charge in [-0.3, -0.25) is 0 Å². The van der Waals surface area contributed by atoms with E-state index in [0.29, 0.717) is 6.54 Å². The normalized spacial score (nSPS) is 11.2. The maximum Gasteiger partial charge on any atom is 0.405 e. The van der Waals surface area contributed by atoms with Crippen molar-refractivity contribution in [2.24, 2.45) is 0 Å². The van der Waals surface area contributed by atoms with Crippen LogP contribution in [0.15, 0.2) is 18.2 Å². The van der Waals surface area contributed by atoms with Gasteiger partial charge in [-0.25, -0.2) is 0 Å². The summed E-state index contributed by atoms with van der Waals surface area (Å²) in [6.07, 6.45) is -4.40. The van der Waals surface area contributed by atoms with Crippen molar-refractivity contribution in [1.29, 1.82) is 5.26 Å². The van der Waals surface area contributed by atoms with Crippen LogP contribution in [0.5, 0.6) is 0 Å². The Morgan fingerprint density at radius 2 is 2.10 bits per heavy atom. The standard InChI is InChI=1S/C13H16F3N3O/c1-18-8-10-2-3-12(11(6-10)7-17)19(4-5-20)9-13(14,15)16/h2-3,6,18,20H,4-5,8-9H2,1H3. The Hall–Kier alpha value is -1.78. The van der Waals surface area contributed by atoms with E-state index in [0.717, 1.165) is 10.5 Å². The lowest BCUT2D eigenvalue weighted by molar-refractivity contribution is -0.119. The Labute approximate surface area is 115 Å². The summed E-state index contributed by atoms with van der Waals surface area (Å²) in [7, 11) is 1.74. The van der Waals surface area contributed by atoms with Crippen LogP contribution in [-0.2, 0) is 6.54 Å². The molecule has 0 saturated carbocycles.